The second-order valence-corrected chi connectivity index (χ2v) is 7.66. The molecule has 3 amide bonds. The third-order valence-electron chi connectivity index (χ3n) is 4.42. The van der Waals surface area contributed by atoms with Crippen LogP contribution >= 0.6 is 11.6 Å². The molecule has 0 spiro atoms. The first-order valence-electron chi connectivity index (χ1n) is 9.57. The fourth-order valence-corrected chi connectivity index (χ4v) is 3.02. The zero-order valence-electron chi connectivity index (χ0n) is 16.9. The summed E-state index contributed by atoms with van der Waals surface area (Å²) < 4.78 is 5.18. The minimum absolute atomic E-state index is 0.0811. The lowest BCUT2D eigenvalue weighted by atomic mass is 10.0. The van der Waals surface area contributed by atoms with Gasteiger partial charge in [-0.15, -0.1) is 0 Å². The molecule has 2 aromatic carbocycles. The molecule has 0 saturated carbocycles. The Hall–Kier alpha value is -3.06. The summed E-state index contributed by atoms with van der Waals surface area (Å²) in [5.74, 6) is -1.45. The molecule has 4 N–H and O–H groups in total. The minimum Gasteiger partial charge on any atom is -0.445 e. The molecule has 8 heteroatoms. The SMILES string of the molecule is CC(C)[C@@H](NC(=O)OCc1ccccc1)C(=O)N[C@@H](Cc1cccc(Cl)c1)C(N)=O. The number of alkyl carbamates (subject to hydrolysis) is 1. The predicted molar refractivity (Wildman–Crippen MR) is 115 cm³/mol. The summed E-state index contributed by atoms with van der Waals surface area (Å²) in [6.45, 7) is 3.63. The van der Waals surface area contributed by atoms with Crippen LogP contribution in [-0.4, -0.2) is 30.0 Å². The van der Waals surface area contributed by atoms with E-state index in [-0.39, 0.29) is 18.9 Å². The van der Waals surface area contributed by atoms with Gasteiger partial charge in [-0.1, -0.05) is 67.9 Å². The van der Waals surface area contributed by atoms with Crippen LogP contribution in [0.2, 0.25) is 5.02 Å². The lowest BCUT2D eigenvalue weighted by Gasteiger charge is -2.24. The fourth-order valence-electron chi connectivity index (χ4n) is 2.81. The number of benzene rings is 2. The van der Waals surface area contributed by atoms with Crippen molar-refractivity contribution >= 4 is 29.5 Å². The highest BCUT2D eigenvalue weighted by Gasteiger charge is 2.28. The lowest BCUT2D eigenvalue weighted by Crippen LogP contribution is -2.55. The number of carbonyl (C=O) groups excluding carboxylic acids is 3. The maximum atomic E-state index is 12.8. The van der Waals surface area contributed by atoms with Gasteiger partial charge in [-0.2, -0.15) is 0 Å². The summed E-state index contributed by atoms with van der Waals surface area (Å²) in [5.41, 5.74) is 7.04. The van der Waals surface area contributed by atoms with Crippen LogP contribution in [0.25, 0.3) is 0 Å². The number of hydrogen-bond acceptors (Lipinski definition) is 4. The van der Waals surface area contributed by atoms with Crippen molar-refractivity contribution in [3.63, 3.8) is 0 Å². The Morgan fingerprint density at radius 1 is 1.00 bits per heavy atom. The third-order valence-corrected chi connectivity index (χ3v) is 4.66. The zero-order valence-corrected chi connectivity index (χ0v) is 17.7. The molecule has 30 heavy (non-hydrogen) atoms. The van der Waals surface area contributed by atoms with E-state index in [9.17, 15) is 14.4 Å². The topological polar surface area (TPSA) is 111 Å². The average molecular weight is 432 g/mol. The summed E-state index contributed by atoms with van der Waals surface area (Å²) in [6.07, 6.45) is -0.538. The van der Waals surface area contributed by atoms with Gasteiger partial charge in [0.25, 0.3) is 0 Å². The van der Waals surface area contributed by atoms with E-state index in [1.54, 1.807) is 38.1 Å². The lowest BCUT2D eigenvalue weighted by molar-refractivity contribution is -0.129. The van der Waals surface area contributed by atoms with E-state index >= 15 is 0 Å². The Bertz CT molecular complexity index is 874. The average Bonchev–Trinajstić information content (AvgIpc) is 2.70. The number of nitrogens with two attached hydrogens (primary N) is 1. The summed E-state index contributed by atoms with van der Waals surface area (Å²) in [7, 11) is 0. The van der Waals surface area contributed by atoms with Gasteiger partial charge in [-0.3, -0.25) is 9.59 Å². The van der Waals surface area contributed by atoms with E-state index in [0.717, 1.165) is 11.1 Å². The molecular weight excluding hydrogens is 406 g/mol. The quantitative estimate of drug-likeness (QED) is 0.566. The molecule has 0 heterocycles. The van der Waals surface area contributed by atoms with Crippen molar-refractivity contribution in [3.8, 4) is 0 Å². The van der Waals surface area contributed by atoms with E-state index in [4.69, 9.17) is 22.1 Å². The molecule has 160 valence electrons. The second-order valence-electron chi connectivity index (χ2n) is 7.23. The number of halogens is 1. The highest BCUT2D eigenvalue weighted by molar-refractivity contribution is 6.30. The normalized spacial score (nSPS) is 12.7. The van der Waals surface area contributed by atoms with Crippen LogP contribution < -0.4 is 16.4 Å². The highest BCUT2D eigenvalue weighted by Crippen LogP contribution is 2.13. The predicted octanol–water partition coefficient (Wildman–Crippen LogP) is 2.80. The van der Waals surface area contributed by atoms with E-state index in [0.29, 0.717) is 5.02 Å². The Kier molecular flexibility index (Phi) is 8.68. The van der Waals surface area contributed by atoms with Crippen molar-refractivity contribution in [1.82, 2.24) is 10.6 Å². The summed E-state index contributed by atoms with van der Waals surface area (Å²) in [5, 5.41) is 5.69. The van der Waals surface area contributed by atoms with E-state index in [1.165, 1.54) is 0 Å². The number of carbonyl (C=O) groups is 3. The Morgan fingerprint density at radius 3 is 2.27 bits per heavy atom. The summed E-state index contributed by atoms with van der Waals surface area (Å²) >= 11 is 5.97. The van der Waals surface area contributed by atoms with Gasteiger partial charge in [0.05, 0.1) is 0 Å². The van der Waals surface area contributed by atoms with Crippen molar-refractivity contribution in [2.45, 2.75) is 39.0 Å². The molecule has 2 rings (SSSR count). The first kappa shape index (κ1) is 23.2. The molecule has 0 fully saturated rings. The second kappa shape index (κ2) is 11.2. The summed E-state index contributed by atoms with van der Waals surface area (Å²) in [4.78, 5) is 36.8. The standard InChI is InChI=1S/C22H26ClN3O4/c1-14(2)19(26-22(29)30-13-15-7-4-3-5-8-15)21(28)25-18(20(24)27)12-16-9-6-10-17(23)11-16/h3-11,14,18-19H,12-13H2,1-2H3,(H2,24,27)(H,25,28)(H,26,29)/t18-,19+/m0/s1. The van der Waals surface area contributed by atoms with Crippen molar-refractivity contribution in [3.05, 3.63) is 70.7 Å². The molecule has 0 radical (unpaired) electrons. The maximum absolute atomic E-state index is 12.8. The molecule has 0 aliphatic rings. The van der Waals surface area contributed by atoms with Crippen molar-refractivity contribution in [2.75, 3.05) is 0 Å². The van der Waals surface area contributed by atoms with Crippen LogP contribution in [-0.2, 0) is 27.4 Å². The van der Waals surface area contributed by atoms with Gasteiger partial charge in [0.2, 0.25) is 11.8 Å². The van der Waals surface area contributed by atoms with Crippen molar-refractivity contribution in [2.24, 2.45) is 11.7 Å². The Morgan fingerprint density at radius 2 is 1.67 bits per heavy atom. The minimum atomic E-state index is -0.945. The molecule has 2 aromatic rings. The Balaban J connectivity index is 1.98. The van der Waals surface area contributed by atoms with Gasteiger partial charge >= 0.3 is 6.09 Å². The largest absolute Gasteiger partial charge is 0.445 e. The van der Waals surface area contributed by atoms with Gasteiger partial charge in [0, 0.05) is 11.4 Å². The number of amides is 3. The number of ether oxygens (including phenoxy) is 1. The first-order chi connectivity index (χ1) is 14.3. The molecule has 7 nitrogen and oxygen atoms in total. The zero-order chi connectivity index (χ0) is 22.1. The Labute approximate surface area is 180 Å². The van der Waals surface area contributed by atoms with E-state index in [2.05, 4.69) is 10.6 Å². The molecule has 2 atom stereocenters. The van der Waals surface area contributed by atoms with Gasteiger partial charge < -0.3 is 21.1 Å². The number of nitrogens with one attached hydrogen (secondary N) is 2. The number of hydrogen-bond donors (Lipinski definition) is 3. The van der Waals surface area contributed by atoms with Crippen LogP contribution in [0, 0.1) is 5.92 Å². The smallest absolute Gasteiger partial charge is 0.408 e. The molecule has 0 aromatic heterocycles. The monoisotopic (exact) mass is 431 g/mol. The van der Waals surface area contributed by atoms with Crippen LogP contribution in [0.15, 0.2) is 54.6 Å². The van der Waals surface area contributed by atoms with Crippen LogP contribution in [0.1, 0.15) is 25.0 Å². The number of rotatable bonds is 9. The van der Waals surface area contributed by atoms with Crippen LogP contribution in [0.4, 0.5) is 4.79 Å². The van der Waals surface area contributed by atoms with Gasteiger partial charge in [-0.25, -0.2) is 4.79 Å². The van der Waals surface area contributed by atoms with Crippen LogP contribution in [0.5, 0.6) is 0 Å². The summed E-state index contributed by atoms with van der Waals surface area (Å²) in [6, 6.07) is 14.3. The maximum Gasteiger partial charge on any atom is 0.408 e. The van der Waals surface area contributed by atoms with Gasteiger partial charge in [0.15, 0.2) is 0 Å². The van der Waals surface area contributed by atoms with Crippen molar-refractivity contribution in [1.29, 1.82) is 0 Å². The first-order valence-corrected chi connectivity index (χ1v) is 9.95. The molecule has 0 aliphatic heterocycles. The highest BCUT2D eigenvalue weighted by atomic mass is 35.5. The molecule has 0 bridgehead atoms. The van der Waals surface area contributed by atoms with Crippen LogP contribution in [0.3, 0.4) is 0 Å². The van der Waals surface area contributed by atoms with Gasteiger partial charge in [0.1, 0.15) is 18.7 Å². The molecule has 0 aliphatic carbocycles. The van der Waals surface area contributed by atoms with E-state index < -0.39 is 30.0 Å². The van der Waals surface area contributed by atoms with Crippen molar-refractivity contribution < 1.29 is 19.1 Å². The molecule has 0 unspecified atom stereocenters. The van der Waals surface area contributed by atoms with E-state index in [1.807, 2.05) is 30.3 Å². The number of primary amides is 1. The molecular formula is C22H26ClN3O4. The fraction of sp³-hybridized carbons (Fsp3) is 0.318. The third kappa shape index (κ3) is 7.40. The van der Waals surface area contributed by atoms with Gasteiger partial charge in [-0.05, 0) is 29.2 Å². The molecule has 0 saturated heterocycles.